The quantitative estimate of drug-likeness (QED) is 0.881. The summed E-state index contributed by atoms with van der Waals surface area (Å²) in [6, 6.07) is 0.622. The molecular formula is C13H22N2S2. The monoisotopic (exact) mass is 270 g/mol. The first kappa shape index (κ1) is 13.4. The number of thioether (sulfide) groups is 1. The van der Waals surface area contributed by atoms with E-state index in [0.29, 0.717) is 16.7 Å². The van der Waals surface area contributed by atoms with Gasteiger partial charge in [-0.2, -0.15) is 0 Å². The predicted octanol–water partition coefficient (Wildman–Crippen LogP) is 3.79. The van der Waals surface area contributed by atoms with Crippen LogP contribution in [0.25, 0.3) is 0 Å². The van der Waals surface area contributed by atoms with E-state index < -0.39 is 0 Å². The van der Waals surface area contributed by atoms with Crippen LogP contribution < -0.4 is 5.32 Å². The second-order valence-electron chi connectivity index (χ2n) is 5.41. The number of rotatable bonds is 5. The standard InChI is InChI=1S/C13H22N2S2/c1-4-7-14-11-10(5-6-13(11,2)3)17-12-15-8-9-16-12/h8-11,14H,4-7H2,1-3H3. The van der Waals surface area contributed by atoms with Crippen LogP contribution in [0, 0.1) is 5.41 Å². The summed E-state index contributed by atoms with van der Waals surface area (Å²) in [4.78, 5) is 4.40. The van der Waals surface area contributed by atoms with Gasteiger partial charge in [-0.3, -0.25) is 0 Å². The molecule has 1 aliphatic carbocycles. The molecule has 0 radical (unpaired) electrons. The van der Waals surface area contributed by atoms with Crippen molar-refractivity contribution in [2.75, 3.05) is 6.54 Å². The van der Waals surface area contributed by atoms with Crippen LogP contribution in [0.3, 0.4) is 0 Å². The fourth-order valence-corrected chi connectivity index (χ4v) is 4.91. The summed E-state index contributed by atoms with van der Waals surface area (Å²) >= 11 is 3.72. The molecule has 0 spiro atoms. The van der Waals surface area contributed by atoms with Crippen molar-refractivity contribution in [1.29, 1.82) is 0 Å². The number of nitrogens with one attached hydrogen (secondary N) is 1. The van der Waals surface area contributed by atoms with Gasteiger partial charge in [-0.05, 0) is 31.2 Å². The molecule has 2 atom stereocenters. The smallest absolute Gasteiger partial charge is 0.150 e. The van der Waals surface area contributed by atoms with Gasteiger partial charge in [-0.25, -0.2) is 4.98 Å². The van der Waals surface area contributed by atoms with Gasteiger partial charge in [0.2, 0.25) is 0 Å². The van der Waals surface area contributed by atoms with E-state index in [-0.39, 0.29) is 0 Å². The Morgan fingerprint density at radius 3 is 3.06 bits per heavy atom. The predicted molar refractivity (Wildman–Crippen MR) is 76.9 cm³/mol. The van der Waals surface area contributed by atoms with Gasteiger partial charge in [0.05, 0.1) is 0 Å². The Morgan fingerprint density at radius 1 is 1.59 bits per heavy atom. The Kier molecular flexibility index (Phi) is 4.50. The summed E-state index contributed by atoms with van der Waals surface area (Å²) in [7, 11) is 0. The lowest BCUT2D eigenvalue weighted by atomic mass is 9.87. The molecule has 1 heterocycles. The summed E-state index contributed by atoms with van der Waals surface area (Å²) in [6.07, 6.45) is 5.73. The zero-order valence-electron chi connectivity index (χ0n) is 10.9. The lowest BCUT2D eigenvalue weighted by molar-refractivity contribution is 0.287. The summed E-state index contributed by atoms with van der Waals surface area (Å²) in [5.41, 5.74) is 0.421. The van der Waals surface area contributed by atoms with Gasteiger partial charge >= 0.3 is 0 Å². The molecule has 0 aliphatic heterocycles. The highest BCUT2D eigenvalue weighted by molar-refractivity contribution is 8.01. The second kappa shape index (κ2) is 5.72. The van der Waals surface area contributed by atoms with Crippen LogP contribution in [0.2, 0.25) is 0 Å². The fourth-order valence-electron chi connectivity index (χ4n) is 2.57. The molecule has 1 aromatic heterocycles. The number of hydrogen-bond donors (Lipinski definition) is 1. The Morgan fingerprint density at radius 2 is 2.41 bits per heavy atom. The van der Waals surface area contributed by atoms with Gasteiger partial charge < -0.3 is 5.32 Å². The van der Waals surface area contributed by atoms with E-state index in [9.17, 15) is 0 Å². The van der Waals surface area contributed by atoms with Gasteiger partial charge in [0, 0.05) is 22.9 Å². The highest BCUT2D eigenvalue weighted by Gasteiger charge is 2.42. The molecule has 1 aromatic rings. The van der Waals surface area contributed by atoms with E-state index in [1.165, 1.54) is 23.6 Å². The molecule has 2 rings (SSSR count). The Labute approximate surface area is 113 Å². The molecule has 0 saturated heterocycles. The van der Waals surface area contributed by atoms with Crippen molar-refractivity contribution in [3.8, 4) is 0 Å². The maximum atomic E-state index is 4.40. The van der Waals surface area contributed by atoms with Crippen LogP contribution in [-0.2, 0) is 0 Å². The van der Waals surface area contributed by atoms with Crippen molar-refractivity contribution >= 4 is 23.1 Å². The normalized spacial score (nSPS) is 27.5. The SMILES string of the molecule is CCCNC1C(Sc2nccs2)CCC1(C)C. The third-order valence-electron chi connectivity index (χ3n) is 3.56. The third-order valence-corrected chi connectivity index (χ3v) is 5.82. The highest BCUT2D eigenvalue weighted by atomic mass is 32.2. The summed E-state index contributed by atoms with van der Waals surface area (Å²) in [5.74, 6) is 0. The van der Waals surface area contributed by atoms with Crippen molar-refractivity contribution < 1.29 is 0 Å². The number of thiazole rings is 1. The molecule has 0 aromatic carbocycles. The molecule has 17 heavy (non-hydrogen) atoms. The zero-order valence-corrected chi connectivity index (χ0v) is 12.5. The topological polar surface area (TPSA) is 24.9 Å². The average Bonchev–Trinajstić information content (AvgIpc) is 2.86. The molecule has 4 heteroatoms. The first-order valence-electron chi connectivity index (χ1n) is 6.43. The minimum Gasteiger partial charge on any atom is -0.312 e. The van der Waals surface area contributed by atoms with Crippen molar-refractivity contribution in [3.05, 3.63) is 11.6 Å². The van der Waals surface area contributed by atoms with Crippen LogP contribution in [-0.4, -0.2) is 22.8 Å². The molecule has 1 saturated carbocycles. The van der Waals surface area contributed by atoms with Crippen LogP contribution in [0.5, 0.6) is 0 Å². The molecule has 2 nitrogen and oxygen atoms in total. The van der Waals surface area contributed by atoms with Gasteiger partial charge in [-0.1, -0.05) is 32.5 Å². The third kappa shape index (κ3) is 3.24. The number of hydrogen-bond acceptors (Lipinski definition) is 4. The highest BCUT2D eigenvalue weighted by Crippen LogP contribution is 2.45. The summed E-state index contributed by atoms with van der Waals surface area (Å²) < 4.78 is 1.22. The molecular weight excluding hydrogens is 248 g/mol. The summed E-state index contributed by atoms with van der Waals surface area (Å²) in [6.45, 7) is 8.15. The molecule has 0 amide bonds. The van der Waals surface area contributed by atoms with Crippen molar-refractivity contribution in [3.63, 3.8) is 0 Å². The largest absolute Gasteiger partial charge is 0.312 e. The molecule has 1 aliphatic rings. The maximum Gasteiger partial charge on any atom is 0.150 e. The summed E-state index contributed by atoms with van der Waals surface area (Å²) in [5, 5.41) is 6.49. The zero-order chi connectivity index (χ0) is 12.3. The van der Waals surface area contributed by atoms with Crippen LogP contribution in [0.4, 0.5) is 0 Å². The van der Waals surface area contributed by atoms with Crippen molar-refractivity contribution in [2.24, 2.45) is 5.41 Å². The van der Waals surface area contributed by atoms with E-state index in [1.807, 2.05) is 18.0 Å². The van der Waals surface area contributed by atoms with Crippen LogP contribution in [0.1, 0.15) is 40.0 Å². The van der Waals surface area contributed by atoms with E-state index in [0.717, 1.165) is 6.54 Å². The molecule has 1 N–H and O–H groups in total. The minimum atomic E-state index is 0.421. The molecule has 0 bridgehead atoms. The van der Waals surface area contributed by atoms with Gasteiger partial charge in [-0.15, -0.1) is 11.3 Å². The first-order valence-corrected chi connectivity index (χ1v) is 8.19. The first-order chi connectivity index (χ1) is 8.13. The average molecular weight is 270 g/mol. The van der Waals surface area contributed by atoms with E-state index >= 15 is 0 Å². The van der Waals surface area contributed by atoms with Crippen LogP contribution >= 0.6 is 23.1 Å². The molecule has 2 unspecified atom stereocenters. The van der Waals surface area contributed by atoms with Crippen molar-refractivity contribution in [1.82, 2.24) is 10.3 Å². The lowest BCUT2D eigenvalue weighted by Crippen LogP contribution is -2.43. The minimum absolute atomic E-state index is 0.421. The van der Waals surface area contributed by atoms with Gasteiger partial charge in [0.25, 0.3) is 0 Å². The number of aromatic nitrogens is 1. The second-order valence-corrected chi connectivity index (χ2v) is 7.79. The number of nitrogens with zero attached hydrogens (tertiary/aromatic N) is 1. The van der Waals surface area contributed by atoms with E-state index in [2.05, 4.69) is 36.5 Å². The van der Waals surface area contributed by atoms with Gasteiger partial charge in [0.1, 0.15) is 4.34 Å². The van der Waals surface area contributed by atoms with Gasteiger partial charge in [0.15, 0.2) is 0 Å². The Hall–Kier alpha value is -0.0600. The Bertz CT molecular complexity index is 335. The molecule has 1 fully saturated rings. The lowest BCUT2D eigenvalue weighted by Gasteiger charge is -2.31. The van der Waals surface area contributed by atoms with E-state index in [4.69, 9.17) is 0 Å². The van der Waals surface area contributed by atoms with Crippen molar-refractivity contribution in [2.45, 2.75) is 55.7 Å². The maximum absolute atomic E-state index is 4.40. The van der Waals surface area contributed by atoms with E-state index in [1.54, 1.807) is 11.3 Å². The molecule has 96 valence electrons. The van der Waals surface area contributed by atoms with Crippen LogP contribution in [0.15, 0.2) is 15.9 Å². The Balaban J connectivity index is 2.00. The fraction of sp³-hybridized carbons (Fsp3) is 0.769.